The highest BCUT2D eigenvalue weighted by atomic mass is 32.2. The molecule has 0 spiro atoms. The predicted octanol–water partition coefficient (Wildman–Crippen LogP) is 3.60. The molecule has 0 aliphatic rings. The van der Waals surface area contributed by atoms with Crippen LogP contribution < -0.4 is 9.47 Å². The standard InChI is InChI=1S/C18H22O5S/c1-3-20-13-22-15-5-9-17(10-6-15)24(19)18-11-7-16(8-12-18)23-14-21-4-2/h5-12H,3-4,13-14H2,1-2H3. The summed E-state index contributed by atoms with van der Waals surface area (Å²) < 4.78 is 33.6. The Morgan fingerprint density at radius 1 is 0.708 bits per heavy atom. The highest BCUT2D eigenvalue weighted by Crippen LogP contribution is 2.22. The van der Waals surface area contributed by atoms with E-state index in [1.807, 2.05) is 13.8 Å². The molecule has 0 aromatic heterocycles. The summed E-state index contributed by atoms with van der Waals surface area (Å²) in [6.07, 6.45) is 0. The molecule has 6 heteroatoms. The quantitative estimate of drug-likeness (QED) is 0.484. The first-order valence-corrected chi connectivity index (χ1v) is 8.92. The van der Waals surface area contributed by atoms with Gasteiger partial charge >= 0.3 is 0 Å². The molecule has 0 saturated heterocycles. The largest absolute Gasteiger partial charge is 0.468 e. The van der Waals surface area contributed by atoms with E-state index in [0.717, 1.165) is 0 Å². The van der Waals surface area contributed by atoms with E-state index in [2.05, 4.69) is 0 Å². The summed E-state index contributed by atoms with van der Waals surface area (Å²) in [5.74, 6) is 1.37. The number of rotatable bonds is 10. The highest BCUT2D eigenvalue weighted by Gasteiger charge is 2.08. The van der Waals surface area contributed by atoms with Gasteiger partial charge in [-0.15, -0.1) is 0 Å². The van der Waals surface area contributed by atoms with Crippen LogP contribution in [0.3, 0.4) is 0 Å². The van der Waals surface area contributed by atoms with Gasteiger partial charge < -0.3 is 18.9 Å². The van der Waals surface area contributed by atoms with Crippen LogP contribution in [-0.2, 0) is 20.3 Å². The molecule has 0 aliphatic carbocycles. The molecular formula is C18H22O5S. The van der Waals surface area contributed by atoms with Gasteiger partial charge in [0.2, 0.25) is 0 Å². The smallest absolute Gasteiger partial charge is 0.189 e. The van der Waals surface area contributed by atoms with Gasteiger partial charge in [0.1, 0.15) is 11.5 Å². The molecule has 0 saturated carbocycles. The van der Waals surface area contributed by atoms with Crippen LogP contribution in [0.5, 0.6) is 11.5 Å². The molecule has 0 amide bonds. The fourth-order valence-electron chi connectivity index (χ4n) is 1.84. The summed E-state index contributed by atoms with van der Waals surface area (Å²) in [7, 11) is -1.25. The highest BCUT2D eigenvalue weighted by molar-refractivity contribution is 7.85. The number of benzene rings is 2. The zero-order valence-corrected chi connectivity index (χ0v) is 14.7. The van der Waals surface area contributed by atoms with E-state index in [0.29, 0.717) is 34.5 Å². The first kappa shape index (κ1) is 18.4. The molecule has 0 atom stereocenters. The van der Waals surface area contributed by atoms with Gasteiger partial charge in [0.05, 0.1) is 10.8 Å². The Hall–Kier alpha value is -1.89. The average Bonchev–Trinajstić information content (AvgIpc) is 2.63. The van der Waals surface area contributed by atoms with Crippen LogP contribution >= 0.6 is 0 Å². The van der Waals surface area contributed by atoms with Gasteiger partial charge in [-0.2, -0.15) is 0 Å². The van der Waals surface area contributed by atoms with Crippen molar-refractivity contribution in [2.24, 2.45) is 0 Å². The minimum atomic E-state index is -1.25. The summed E-state index contributed by atoms with van der Waals surface area (Å²) in [6, 6.07) is 14.3. The van der Waals surface area contributed by atoms with E-state index >= 15 is 0 Å². The van der Waals surface area contributed by atoms with E-state index < -0.39 is 10.8 Å². The number of ether oxygens (including phenoxy) is 4. The maximum atomic E-state index is 12.6. The van der Waals surface area contributed by atoms with Crippen molar-refractivity contribution in [1.29, 1.82) is 0 Å². The SMILES string of the molecule is CCOCOc1ccc(S(=O)c2ccc(OCOCC)cc2)cc1. The van der Waals surface area contributed by atoms with Gasteiger partial charge in [-0.1, -0.05) is 0 Å². The molecule has 0 radical (unpaired) electrons. The Bertz CT molecular complexity index is 569. The zero-order valence-electron chi connectivity index (χ0n) is 13.9. The van der Waals surface area contributed by atoms with Crippen molar-refractivity contribution in [3.8, 4) is 11.5 Å². The maximum absolute atomic E-state index is 12.6. The molecule has 0 bridgehead atoms. The average molecular weight is 350 g/mol. The van der Waals surface area contributed by atoms with Crippen molar-refractivity contribution in [2.75, 3.05) is 26.8 Å². The minimum absolute atomic E-state index is 0.210. The summed E-state index contributed by atoms with van der Waals surface area (Å²) in [4.78, 5) is 1.42. The summed E-state index contributed by atoms with van der Waals surface area (Å²) in [5.41, 5.74) is 0. The Morgan fingerprint density at radius 2 is 1.08 bits per heavy atom. The van der Waals surface area contributed by atoms with Gasteiger partial charge in [0.25, 0.3) is 0 Å². The maximum Gasteiger partial charge on any atom is 0.189 e. The van der Waals surface area contributed by atoms with Gasteiger partial charge in [-0.05, 0) is 62.4 Å². The second-order valence-corrected chi connectivity index (χ2v) is 6.20. The summed E-state index contributed by atoms with van der Waals surface area (Å²) >= 11 is 0. The van der Waals surface area contributed by atoms with Gasteiger partial charge in [0, 0.05) is 23.0 Å². The third-order valence-electron chi connectivity index (χ3n) is 3.10. The van der Waals surface area contributed by atoms with Crippen molar-refractivity contribution in [3.05, 3.63) is 48.5 Å². The van der Waals surface area contributed by atoms with E-state index in [9.17, 15) is 4.21 Å². The predicted molar refractivity (Wildman–Crippen MR) is 91.8 cm³/mol. The molecule has 130 valence electrons. The lowest BCUT2D eigenvalue weighted by atomic mass is 10.3. The Morgan fingerprint density at radius 3 is 1.42 bits per heavy atom. The summed E-state index contributed by atoms with van der Waals surface area (Å²) in [5, 5.41) is 0. The van der Waals surface area contributed by atoms with Crippen LogP contribution in [0.25, 0.3) is 0 Å². The number of hydrogen-bond donors (Lipinski definition) is 0. The normalized spacial score (nSPS) is 10.8. The van der Waals surface area contributed by atoms with E-state index in [-0.39, 0.29) is 13.6 Å². The molecule has 0 aliphatic heterocycles. The second kappa shape index (κ2) is 10.1. The van der Waals surface area contributed by atoms with Crippen molar-refractivity contribution in [1.82, 2.24) is 0 Å². The third kappa shape index (κ3) is 5.63. The molecule has 0 heterocycles. The van der Waals surface area contributed by atoms with E-state index in [1.165, 1.54) is 0 Å². The lowest BCUT2D eigenvalue weighted by Crippen LogP contribution is -2.02. The van der Waals surface area contributed by atoms with Crippen molar-refractivity contribution >= 4 is 10.8 Å². The van der Waals surface area contributed by atoms with Crippen LogP contribution in [0, 0.1) is 0 Å². The second-order valence-electron chi connectivity index (χ2n) is 4.72. The van der Waals surface area contributed by atoms with Crippen LogP contribution in [0.4, 0.5) is 0 Å². The lowest BCUT2D eigenvalue weighted by molar-refractivity contribution is 0.0221. The Labute approximate surface area is 145 Å². The molecule has 0 fully saturated rings. The fourth-order valence-corrected chi connectivity index (χ4v) is 2.88. The molecular weight excluding hydrogens is 328 g/mol. The minimum Gasteiger partial charge on any atom is -0.468 e. The number of hydrogen-bond acceptors (Lipinski definition) is 5. The molecule has 0 N–H and O–H groups in total. The molecule has 5 nitrogen and oxygen atoms in total. The molecule has 2 aromatic carbocycles. The Kier molecular flexibility index (Phi) is 7.74. The molecule has 0 unspecified atom stereocenters. The fraction of sp³-hybridized carbons (Fsp3) is 0.333. The van der Waals surface area contributed by atoms with Crippen LogP contribution in [-0.4, -0.2) is 31.0 Å². The topological polar surface area (TPSA) is 54.0 Å². The van der Waals surface area contributed by atoms with E-state index in [4.69, 9.17) is 18.9 Å². The van der Waals surface area contributed by atoms with Gasteiger partial charge in [-0.3, -0.25) is 0 Å². The first-order chi connectivity index (χ1) is 11.7. The van der Waals surface area contributed by atoms with Crippen molar-refractivity contribution in [2.45, 2.75) is 23.6 Å². The molecule has 2 aromatic rings. The van der Waals surface area contributed by atoms with Crippen LogP contribution in [0.1, 0.15) is 13.8 Å². The third-order valence-corrected chi connectivity index (χ3v) is 4.50. The zero-order chi connectivity index (χ0) is 17.2. The van der Waals surface area contributed by atoms with Crippen molar-refractivity contribution in [3.63, 3.8) is 0 Å². The monoisotopic (exact) mass is 350 g/mol. The molecule has 24 heavy (non-hydrogen) atoms. The van der Waals surface area contributed by atoms with Crippen LogP contribution in [0.15, 0.2) is 58.3 Å². The summed E-state index contributed by atoms with van der Waals surface area (Å²) in [6.45, 7) is 5.44. The van der Waals surface area contributed by atoms with Crippen molar-refractivity contribution < 1.29 is 23.2 Å². The van der Waals surface area contributed by atoms with E-state index in [1.54, 1.807) is 48.5 Å². The lowest BCUT2D eigenvalue weighted by Gasteiger charge is -2.08. The van der Waals surface area contributed by atoms with Crippen LogP contribution in [0.2, 0.25) is 0 Å². The van der Waals surface area contributed by atoms with Gasteiger partial charge in [0.15, 0.2) is 13.6 Å². The van der Waals surface area contributed by atoms with Gasteiger partial charge in [-0.25, -0.2) is 4.21 Å². The first-order valence-electron chi connectivity index (χ1n) is 7.77. The Balaban J connectivity index is 1.95. The molecule has 2 rings (SSSR count).